The van der Waals surface area contributed by atoms with E-state index in [0.717, 1.165) is 25.7 Å². The van der Waals surface area contributed by atoms with Gasteiger partial charge in [0, 0.05) is 10.7 Å². The molecule has 0 aliphatic heterocycles. The fourth-order valence-corrected chi connectivity index (χ4v) is 2.75. The molecule has 1 rings (SSSR count). The van der Waals surface area contributed by atoms with Gasteiger partial charge in [-0.15, -0.1) is 0 Å². The number of carbonyl (C=O) groups excluding carboxylic acids is 1. The lowest BCUT2D eigenvalue weighted by molar-refractivity contribution is 0.0428. The molecule has 0 N–H and O–H groups in total. The molecule has 118 valence electrons. The molecule has 1 unspecified atom stereocenters. The molecular weight excluding hydrogens is 312 g/mol. The Kier molecular flexibility index (Phi) is 7.18. The summed E-state index contributed by atoms with van der Waals surface area (Å²) in [6, 6.07) is 5.56. The Hall–Kier alpha value is -1.07. The highest BCUT2D eigenvalue weighted by atomic mass is 35.7. The van der Waals surface area contributed by atoms with E-state index in [1.165, 1.54) is 24.3 Å². The van der Waals surface area contributed by atoms with Gasteiger partial charge in [-0.05, 0) is 30.5 Å². The van der Waals surface area contributed by atoms with Crippen molar-refractivity contribution in [2.24, 2.45) is 5.92 Å². The molecule has 0 aliphatic carbocycles. The molecule has 0 aliphatic rings. The number of esters is 1. The molecule has 0 amide bonds. The van der Waals surface area contributed by atoms with Crippen molar-refractivity contribution < 1.29 is 17.9 Å². The van der Waals surface area contributed by atoms with Crippen LogP contribution in [0.2, 0.25) is 0 Å². The quantitative estimate of drug-likeness (QED) is 0.533. The highest BCUT2D eigenvalue weighted by Gasteiger charge is 2.15. The second-order valence-electron chi connectivity index (χ2n) is 4.98. The molecule has 0 spiro atoms. The normalized spacial score (nSPS) is 12.9. The van der Waals surface area contributed by atoms with Crippen LogP contribution in [0.3, 0.4) is 0 Å². The largest absolute Gasteiger partial charge is 0.462 e. The van der Waals surface area contributed by atoms with Gasteiger partial charge in [0.15, 0.2) is 0 Å². The second-order valence-corrected chi connectivity index (χ2v) is 7.55. The topological polar surface area (TPSA) is 60.4 Å². The van der Waals surface area contributed by atoms with E-state index in [1.54, 1.807) is 0 Å². The summed E-state index contributed by atoms with van der Waals surface area (Å²) in [5, 5.41) is 0. The van der Waals surface area contributed by atoms with Crippen LogP contribution >= 0.6 is 10.7 Å². The molecule has 1 aromatic rings. The highest BCUT2D eigenvalue weighted by molar-refractivity contribution is 8.13. The Bertz CT molecular complexity index is 569. The number of carbonyl (C=O) groups is 1. The summed E-state index contributed by atoms with van der Waals surface area (Å²) in [6.45, 7) is 4.54. The number of benzene rings is 1. The van der Waals surface area contributed by atoms with Crippen LogP contribution in [0.5, 0.6) is 0 Å². The van der Waals surface area contributed by atoms with Crippen molar-refractivity contribution in [1.29, 1.82) is 0 Å². The lowest BCUT2D eigenvalue weighted by Gasteiger charge is -2.14. The lowest BCUT2D eigenvalue weighted by atomic mass is 10.0. The maximum absolute atomic E-state index is 12.0. The molecular formula is C15H21ClO4S. The summed E-state index contributed by atoms with van der Waals surface area (Å²) in [7, 11) is 1.42. The predicted molar refractivity (Wildman–Crippen MR) is 83.1 cm³/mol. The minimum absolute atomic E-state index is 0.100. The van der Waals surface area contributed by atoms with Crippen molar-refractivity contribution in [2.75, 3.05) is 6.61 Å². The zero-order valence-corrected chi connectivity index (χ0v) is 13.9. The maximum Gasteiger partial charge on any atom is 0.338 e. The summed E-state index contributed by atoms with van der Waals surface area (Å²) in [4.78, 5) is 11.9. The van der Waals surface area contributed by atoms with Gasteiger partial charge in [-0.1, -0.05) is 39.2 Å². The summed E-state index contributed by atoms with van der Waals surface area (Å²) < 4.78 is 27.8. The Morgan fingerprint density at radius 2 is 2.05 bits per heavy atom. The minimum atomic E-state index is -3.84. The van der Waals surface area contributed by atoms with Crippen LogP contribution in [0.4, 0.5) is 0 Å². The molecule has 6 heteroatoms. The summed E-state index contributed by atoms with van der Waals surface area (Å²) in [5.74, 6) is -0.180. The van der Waals surface area contributed by atoms with E-state index in [2.05, 4.69) is 13.8 Å². The first-order chi connectivity index (χ1) is 9.88. The van der Waals surface area contributed by atoms with Crippen molar-refractivity contribution in [3.8, 4) is 0 Å². The van der Waals surface area contributed by atoms with E-state index in [0.29, 0.717) is 12.5 Å². The van der Waals surface area contributed by atoms with Crippen LogP contribution in [0.25, 0.3) is 0 Å². The van der Waals surface area contributed by atoms with Gasteiger partial charge < -0.3 is 4.74 Å². The zero-order chi connectivity index (χ0) is 15.9. The Balaban J connectivity index is 2.67. The van der Waals surface area contributed by atoms with Crippen molar-refractivity contribution in [3.63, 3.8) is 0 Å². The highest BCUT2D eigenvalue weighted by Crippen LogP contribution is 2.18. The summed E-state index contributed by atoms with van der Waals surface area (Å²) in [6.07, 6.45) is 4.19. The van der Waals surface area contributed by atoms with Gasteiger partial charge >= 0.3 is 5.97 Å². The fourth-order valence-electron chi connectivity index (χ4n) is 1.95. The van der Waals surface area contributed by atoms with Gasteiger partial charge in [-0.3, -0.25) is 0 Å². The van der Waals surface area contributed by atoms with Gasteiger partial charge in [-0.2, -0.15) is 0 Å². The number of unbranched alkanes of at least 4 members (excludes halogenated alkanes) is 1. The first-order valence-corrected chi connectivity index (χ1v) is 9.41. The number of halogens is 1. The van der Waals surface area contributed by atoms with E-state index in [4.69, 9.17) is 15.4 Å². The predicted octanol–water partition coefficient (Wildman–Crippen LogP) is 3.99. The van der Waals surface area contributed by atoms with E-state index in [1.807, 2.05) is 0 Å². The number of hydrogen-bond donors (Lipinski definition) is 0. The minimum Gasteiger partial charge on any atom is -0.462 e. The van der Waals surface area contributed by atoms with Gasteiger partial charge in [0.25, 0.3) is 9.05 Å². The van der Waals surface area contributed by atoms with E-state index in [9.17, 15) is 13.2 Å². The van der Waals surface area contributed by atoms with Crippen molar-refractivity contribution in [3.05, 3.63) is 29.8 Å². The average Bonchev–Trinajstić information content (AvgIpc) is 2.46. The van der Waals surface area contributed by atoms with Crippen LogP contribution in [0, 0.1) is 5.92 Å². The standard InChI is InChI=1S/C15H21ClO4S/c1-3-5-7-12(4-2)11-20-15(17)13-8-6-9-14(10-13)21(16,18)19/h6,8-10,12H,3-5,7,11H2,1-2H3. The van der Waals surface area contributed by atoms with Gasteiger partial charge in [-0.25, -0.2) is 13.2 Å². The second kappa shape index (κ2) is 8.39. The molecule has 0 heterocycles. The van der Waals surface area contributed by atoms with Crippen LogP contribution in [0.15, 0.2) is 29.2 Å². The number of ether oxygens (including phenoxy) is 1. The SMILES string of the molecule is CCCCC(CC)COC(=O)c1cccc(S(=O)(=O)Cl)c1. The van der Waals surface area contributed by atoms with E-state index < -0.39 is 15.0 Å². The zero-order valence-electron chi connectivity index (χ0n) is 12.3. The summed E-state index contributed by atoms with van der Waals surface area (Å²) in [5.41, 5.74) is 0.196. The van der Waals surface area contributed by atoms with Gasteiger partial charge in [0.1, 0.15) is 0 Å². The molecule has 1 atom stereocenters. The van der Waals surface area contributed by atoms with E-state index >= 15 is 0 Å². The molecule has 0 saturated carbocycles. The first-order valence-electron chi connectivity index (χ1n) is 7.10. The van der Waals surface area contributed by atoms with Crippen molar-refractivity contribution in [2.45, 2.75) is 44.4 Å². The number of hydrogen-bond acceptors (Lipinski definition) is 4. The van der Waals surface area contributed by atoms with Crippen LogP contribution in [-0.2, 0) is 13.8 Å². The Morgan fingerprint density at radius 3 is 2.62 bits per heavy atom. The third-order valence-corrected chi connectivity index (χ3v) is 4.70. The van der Waals surface area contributed by atoms with Crippen LogP contribution in [-0.4, -0.2) is 21.0 Å². The summed E-state index contributed by atoms with van der Waals surface area (Å²) >= 11 is 0. The lowest BCUT2D eigenvalue weighted by Crippen LogP contribution is -2.14. The third-order valence-electron chi connectivity index (χ3n) is 3.34. The van der Waals surface area contributed by atoms with Gasteiger partial charge in [0.05, 0.1) is 17.1 Å². The smallest absolute Gasteiger partial charge is 0.338 e. The molecule has 0 fully saturated rings. The average molecular weight is 333 g/mol. The number of rotatable bonds is 8. The monoisotopic (exact) mass is 332 g/mol. The molecule has 0 radical (unpaired) electrons. The van der Waals surface area contributed by atoms with Crippen molar-refractivity contribution in [1.82, 2.24) is 0 Å². The molecule has 21 heavy (non-hydrogen) atoms. The van der Waals surface area contributed by atoms with E-state index in [-0.39, 0.29) is 10.5 Å². The molecule has 4 nitrogen and oxygen atoms in total. The maximum atomic E-state index is 12.0. The first kappa shape index (κ1) is 18.0. The third kappa shape index (κ3) is 6.06. The van der Waals surface area contributed by atoms with Gasteiger partial charge in [0.2, 0.25) is 0 Å². The van der Waals surface area contributed by atoms with Crippen LogP contribution in [0.1, 0.15) is 49.9 Å². The molecule has 1 aromatic carbocycles. The Labute approximate surface area is 130 Å². The van der Waals surface area contributed by atoms with Crippen molar-refractivity contribution >= 4 is 25.7 Å². The Morgan fingerprint density at radius 1 is 1.33 bits per heavy atom. The molecule has 0 bridgehead atoms. The van der Waals surface area contributed by atoms with Crippen LogP contribution < -0.4 is 0 Å². The molecule has 0 saturated heterocycles. The molecule has 0 aromatic heterocycles. The fraction of sp³-hybridized carbons (Fsp3) is 0.533.